The first-order valence-electron chi connectivity index (χ1n) is 6.54. The van der Waals surface area contributed by atoms with Crippen LogP contribution in [-0.4, -0.2) is 24.3 Å². The topological polar surface area (TPSA) is 74.2 Å². The van der Waals surface area contributed by atoms with Crippen molar-refractivity contribution in [2.45, 2.75) is 39.3 Å². The summed E-state index contributed by atoms with van der Waals surface area (Å²) in [5.74, 6) is 0. The summed E-state index contributed by atoms with van der Waals surface area (Å²) in [4.78, 5) is 11.5. The van der Waals surface area contributed by atoms with Gasteiger partial charge in [-0.1, -0.05) is 12.1 Å². The number of amides is 1. The molecule has 0 aliphatic carbocycles. The number of carbonyl (C=O) groups excluding carboxylic acids is 1. The van der Waals surface area contributed by atoms with Gasteiger partial charge in [-0.15, -0.1) is 0 Å². The predicted octanol–water partition coefficient (Wildman–Crippen LogP) is 2.88. The van der Waals surface area contributed by atoms with Crippen LogP contribution in [0, 0.1) is 11.3 Å². The van der Waals surface area contributed by atoms with E-state index in [0.29, 0.717) is 12.1 Å². The zero-order chi connectivity index (χ0) is 15.2. The van der Waals surface area contributed by atoms with Crippen molar-refractivity contribution in [2.24, 2.45) is 0 Å². The van der Waals surface area contributed by atoms with Crippen molar-refractivity contribution >= 4 is 11.8 Å². The van der Waals surface area contributed by atoms with Crippen molar-refractivity contribution in [3.63, 3.8) is 0 Å². The van der Waals surface area contributed by atoms with Gasteiger partial charge < -0.3 is 15.4 Å². The summed E-state index contributed by atoms with van der Waals surface area (Å²) in [7, 11) is 0. The van der Waals surface area contributed by atoms with E-state index in [4.69, 9.17) is 10.00 Å². The average Bonchev–Trinajstić information content (AvgIpc) is 2.35. The van der Waals surface area contributed by atoms with E-state index in [1.807, 2.05) is 45.9 Å². The fourth-order valence-corrected chi connectivity index (χ4v) is 1.57. The Morgan fingerprint density at radius 2 is 2.05 bits per heavy atom. The van der Waals surface area contributed by atoms with E-state index in [2.05, 4.69) is 16.7 Å². The van der Waals surface area contributed by atoms with Crippen LogP contribution in [0.15, 0.2) is 24.3 Å². The largest absolute Gasteiger partial charge is 0.444 e. The summed E-state index contributed by atoms with van der Waals surface area (Å²) in [6.45, 7) is 7.78. The van der Waals surface area contributed by atoms with E-state index in [0.717, 1.165) is 5.69 Å². The molecule has 0 radical (unpaired) electrons. The highest BCUT2D eigenvalue weighted by Gasteiger charge is 2.16. The highest BCUT2D eigenvalue weighted by atomic mass is 16.6. The third-order valence-corrected chi connectivity index (χ3v) is 2.40. The Balaban J connectivity index is 2.47. The molecule has 2 N–H and O–H groups in total. The highest BCUT2D eigenvalue weighted by Crippen LogP contribution is 2.14. The van der Waals surface area contributed by atoms with E-state index >= 15 is 0 Å². The lowest BCUT2D eigenvalue weighted by Gasteiger charge is -2.21. The molecule has 1 atom stereocenters. The number of hydrogen-bond donors (Lipinski definition) is 2. The molecule has 0 fully saturated rings. The third kappa shape index (κ3) is 5.61. The molecular formula is C15H21N3O2. The molecule has 1 rings (SSSR count). The number of benzene rings is 1. The number of rotatable bonds is 4. The van der Waals surface area contributed by atoms with Crippen LogP contribution < -0.4 is 10.6 Å². The molecule has 0 aliphatic rings. The Morgan fingerprint density at radius 3 is 2.65 bits per heavy atom. The van der Waals surface area contributed by atoms with E-state index < -0.39 is 11.7 Å². The zero-order valence-corrected chi connectivity index (χ0v) is 12.4. The minimum Gasteiger partial charge on any atom is -0.444 e. The maximum atomic E-state index is 11.5. The van der Waals surface area contributed by atoms with Crippen LogP contribution in [0.2, 0.25) is 0 Å². The lowest BCUT2D eigenvalue weighted by molar-refractivity contribution is 0.0526. The standard InChI is InChI=1S/C15H21N3O2/c1-11(10-17-14(19)20-15(2,3)4)18-13-8-6-5-7-12(13)9-16/h5-8,11,18H,10H2,1-4H3,(H,17,19). The first-order chi connectivity index (χ1) is 9.31. The van der Waals surface area contributed by atoms with Crippen molar-refractivity contribution < 1.29 is 9.53 Å². The van der Waals surface area contributed by atoms with Crippen LogP contribution in [0.1, 0.15) is 33.3 Å². The number of anilines is 1. The normalized spacial score (nSPS) is 12.2. The van der Waals surface area contributed by atoms with Gasteiger partial charge in [0.15, 0.2) is 0 Å². The minimum absolute atomic E-state index is 0.0166. The van der Waals surface area contributed by atoms with Crippen LogP contribution >= 0.6 is 0 Å². The van der Waals surface area contributed by atoms with Gasteiger partial charge in [0.1, 0.15) is 11.7 Å². The Morgan fingerprint density at radius 1 is 1.40 bits per heavy atom. The SMILES string of the molecule is CC(CNC(=O)OC(C)(C)C)Nc1ccccc1C#N. The Bertz CT molecular complexity index is 501. The molecule has 0 heterocycles. The summed E-state index contributed by atoms with van der Waals surface area (Å²) in [5.41, 5.74) is 0.832. The summed E-state index contributed by atoms with van der Waals surface area (Å²) in [5, 5.41) is 14.9. The zero-order valence-electron chi connectivity index (χ0n) is 12.4. The van der Waals surface area contributed by atoms with Crippen molar-refractivity contribution in [1.29, 1.82) is 5.26 Å². The number of para-hydroxylation sites is 1. The Labute approximate surface area is 119 Å². The lowest BCUT2D eigenvalue weighted by atomic mass is 10.2. The summed E-state index contributed by atoms with van der Waals surface area (Å²) >= 11 is 0. The highest BCUT2D eigenvalue weighted by molar-refractivity contribution is 5.67. The van der Waals surface area contributed by atoms with Crippen molar-refractivity contribution in [2.75, 3.05) is 11.9 Å². The van der Waals surface area contributed by atoms with Gasteiger partial charge in [0.2, 0.25) is 0 Å². The van der Waals surface area contributed by atoms with Gasteiger partial charge in [-0.25, -0.2) is 4.79 Å². The molecule has 1 aromatic rings. The molecule has 1 aromatic carbocycles. The summed E-state index contributed by atoms with van der Waals surface area (Å²) in [6.07, 6.45) is -0.445. The van der Waals surface area contributed by atoms with Crippen LogP contribution in [0.3, 0.4) is 0 Å². The van der Waals surface area contributed by atoms with Crippen molar-refractivity contribution in [3.05, 3.63) is 29.8 Å². The lowest BCUT2D eigenvalue weighted by Crippen LogP contribution is -2.38. The number of alkyl carbamates (subject to hydrolysis) is 1. The van der Waals surface area contributed by atoms with E-state index in [1.165, 1.54) is 0 Å². The van der Waals surface area contributed by atoms with E-state index in [1.54, 1.807) is 6.07 Å². The maximum absolute atomic E-state index is 11.5. The van der Waals surface area contributed by atoms with E-state index in [-0.39, 0.29) is 6.04 Å². The summed E-state index contributed by atoms with van der Waals surface area (Å²) < 4.78 is 5.15. The molecule has 108 valence electrons. The van der Waals surface area contributed by atoms with Gasteiger partial charge in [0.05, 0.1) is 11.3 Å². The molecule has 5 nitrogen and oxygen atoms in total. The molecule has 1 unspecified atom stereocenters. The molecule has 5 heteroatoms. The van der Waals surface area contributed by atoms with E-state index in [9.17, 15) is 4.79 Å². The van der Waals surface area contributed by atoms with Crippen LogP contribution in [-0.2, 0) is 4.74 Å². The van der Waals surface area contributed by atoms with Crippen LogP contribution in [0.25, 0.3) is 0 Å². The molecule has 0 spiro atoms. The number of nitriles is 1. The molecular weight excluding hydrogens is 254 g/mol. The monoisotopic (exact) mass is 275 g/mol. The number of ether oxygens (including phenoxy) is 1. The number of hydrogen-bond acceptors (Lipinski definition) is 4. The quantitative estimate of drug-likeness (QED) is 0.886. The molecule has 1 amide bonds. The molecule has 0 saturated heterocycles. The summed E-state index contributed by atoms with van der Waals surface area (Å²) in [6, 6.07) is 9.36. The predicted molar refractivity (Wildman–Crippen MR) is 78.5 cm³/mol. The molecule has 0 aromatic heterocycles. The second-order valence-corrected chi connectivity index (χ2v) is 5.59. The van der Waals surface area contributed by atoms with Crippen LogP contribution in [0.4, 0.5) is 10.5 Å². The Hall–Kier alpha value is -2.22. The fourth-order valence-electron chi connectivity index (χ4n) is 1.57. The van der Waals surface area contributed by atoms with Gasteiger partial charge >= 0.3 is 6.09 Å². The first-order valence-corrected chi connectivity index (χ1v) is 6.54. The van der Waals surface area contributed by atoms with Gasteiger partial charge in [-0.2, -0.15) is 5.26 Å². The third-order valence-electron chi connectivity index (χ3n) is 2.40. The van der Waals surface area contributed by atoms with Gasteiger partial charge in [-0.3, -0.25) is 0 Å². The number of carbonyl (C=O) groups is 1. The smallest absolute Gasteiger partial charge is 0.407 e. The van der Waals surface area contributed by atoms with Crippen molar-refractivity contribution in [3.8, 4) is 6.07 Å². The number of nitrogens with zero attached hydrogens (tertiary/aromatic N) is 1. The Kier molecular flexibility index (Phi) is 5.39. The molecule has 0 bridgehead atoms. The minimum atomic E-state index is -0.506. The van der Waals surface area contributed by atoms with Gasteiger partial charge in [-0.05, 0) is 39.8 Å². The second-order valence-electron chi connectivity index (χ2n) is 5.59. The van der Waals surface area contributed by atoms with Gasteiger partial charge in [0, 0.05) is 12.6 Å². The fraction of sp³-hybridized carbons (Fsp3) is 0.467. The van der Waals surface area contributed by atoms with Crippen molar-refractivity contribution in [1.82, 2.24) is 5.32 Å². The second kappa shape index (κ2) is 6.80. The molecule has 0 aliphatic heterocycles. The molecule has 0 saturated carbocycles. The molecule has 20 heavy (non-hydrogen) atoms. The number of nitrogens with one attached hydrogen (secondary N) is 2. The first kappa shape index (κ1) is 15.8. The average molecular weight is 275 g/mol. The van der Waals surface area contributed by atoms with Crippen LogP contribution in [0.5, 0.6) is 0 Å². The van der Waals surface area contributed by atoms with Gasteiger partial charge in [0.25, 0.3) is 0 Å². The maximum Gasteiger partial charge on any atom is 0.407 e.